The molecule has 0 unspecified atom stereocenters. The highest BCUT2D eigenvalue weighted by Crippen LogP contribution is 2.23. The molecule has 0 atom stereocenters. The molecule has 17 heavy (non-hydrogen) atoms. The van der Waals surface area contributed by atoms with E-state index in [1.54, 1.807) is 0 Å². The lowest BCUT2D eigenvalue weighted by Gasteiger charge is -1.90. The third kappa shape index (κ3) is 1.41. The van der Waals surface area contributed by atoms with Gasteiger partial charge < -0.3 is 10.7 Å². The molecule has 0 spiro atoms. The molecule has 0 fully saturated rings. The van der Waals surface area contributed by atoms with Crippen molar-refractivity contribution in [1.82, 2.24) is 20.3 Å². The Kier molecular flexibility index (Phi) is 1.85. The van der Waals surface area contributed by atoms with Crippen molar-refractivity contribution in [3.8, 4) is 11.5 Å². The summed E-state index contributed by atoms with van der Waals surface area (Å²) >= 11 is 0. The summed E-state index contributed by atoms with van der Waals surface area (Å²) < 4.78 is 30.4. The number of nitrogens with one attached hydrogen (secondary N) is 1. The number of benzene rings is 1. The first kappa shape index (κ1) is 9.70. The molecule has 0 bridgehead atoms. The van der Waals surface area contributed by atoms with Crippen molar-refractivity contribution in [1.29, 1.82) is 0 Å². The van der Waals surface area contributed by atoms with Crippen LogP contribution in [0.15, 0.2) is 16.8 Å². The van der Waals surface area contributed by atoms with E-state index in [0.717, 1.165) is 12.1 Å². The highest BCUT2D eigenvalue weighted by molar-refractivity contribution is 5.80. The van der Waals surface area contributed by atoms with Gasteiger partial charge in [-0.3, -0.25) is 0 Å². The first-order valence-electron chi connectivity index (χ1n) is 4.58. The number of hydrogen-bond donors (Lipinski definition) is 2. The third-order valence-corrected chi connectivity index (χ3v) is 2.26. The number of aromatic nitrogens is 4. The third-order valence-electron chi connectivity index (χ3n) is 2.26. The Morgan fingerprint density at radius 2 is 1.94 bits per heavy atom. The molecule has 0 saturated carbocycles. The molecular formula is C9H5F2N5O. The van der Waals surface area contributed by atoms with Gasteiger partial charge in [-0.05, 0) is 10.3 Å². The lowest BCUT2D eigenvalue weighted by atomic mass is 10.3. The van der Waals surface area contributed by atoms with Gasteiger partial charge in [-0.15, -0.1) is 0 Å². The summed E-state index contributed by atoms with van der Waals surface area (Å²) in [5.41, 5.74) is 6.27. The quantitative estimate of drug-likeness (QED) is 0.668. The largest absolute Gasteiger partial charge is 0.379 e. The summed E-state index contributed by atoms with van der Waals surface area (Å²) in [5.74, 6) is -1.64. The number of nitrogen functional groups attached to an aromatic ring is 1. The molecule has 3 rings (SSSR count). The van der Waals surface area contributed by atoms with Crippen LogP contribution >= 0.6 is 0 Å². The van der Waals surface area contributed by atoms with Gasteiger partial charge in [0.15, 0.2) is 29.0 Å². The van der Waals surface area contributed by atoms with Crippen LogP contribution in [0.25, 0.3) is 22.6 Å². The second kappa shape index (κ2) is 3.24. The standard InChI is InChI=1S/C9H5F2N5O/c10-3-1-5-6(2-4(3)11)14-9(13-5)7-8(12)16-17-15-7/h1-2H,(H2,12,16)(H,13,14). The molecule has 3 aromatic rings. The lowest BCUT2D eigenvalue weighted by Crippen LogP contribution is -1.89. The van der Waals surface area contributed by atoms with Gasteiger partial charge in [0.2, 0.25) is 0 Å². The molecule has 3 N–H and O–H groups in total. The maximum absolute atomic E-state index is 13.0. The predicted octanol–water partition coefficient (Wildman–Crippen LogP) is 1.47. The molecule has 0 saturated heterocycles. The van der Waals surface area contributed by atoms with E-state index in [-0.39, 0.29) is 22.9 Å². The molecule has 2 heterocycles. The second-order valence-corrected chi connectivity index (χ2v) is 3.37. The zero-order valence-electron chi connectivity index (χ0n) is 8.24. The number of fused-ring (bicyclic) bond motifs is 1. The second-order valence-electron chi connectivity index (χ2n) is 3.37. The van der Waals surface area contributed by atoms with Gasteiger partial charge in [-0.2, -0.15) is 0 Å². The van der Waals surface area contributed by atoms with Crippen LogP contribution in [-0.4, -0.2) is 20.3 Å². The van der Waals surface area contributed by atoms with Gasteiger partial charge in [-0.25, -0.2) is 18.4 Å². The summed E-state index contributed by atoms with van der Waals surface area (Å²) in [4.78, 5) is 6.76. The van der Waals surface area contributed by atoms with Crippen LogP contribution in [0.2, 0.25) is 0 Å². The van der Waals surface area contributed by atoms with E-state index in [0.29, 0.717) is 5.52 Å². The Hall–Kier alpha value is -2.51. The highest BCUT2D eigenvalue weighted by Gasteiger charge is 2.15. The topological polar surface area (TPSA) is 93.6 Å². The van der Waals surface area contributed by atoms with E-state index >= 15 is 0 Å². The van der Waals surface area contributed by atoms with Crippen molar-refractivity contribution in [3.63, 3.8) is 0 Å². The van der Waals surface area contributed by atoms with Crippen molar-refractivity contribution < 1.29 is 13.4 Å². The Labute approximate surface area is 92.4 Å². The number of hydrogen-bond acceptors (Lipinski definition) is 5. The molecule has 6 nitrogen and oxygen atoms in total. The molecule has 0 aliphatic carbocycles. The molecule has 86 valence electrons. The SMILES string of the molecule is Nc1nonc1-c1nc2cc(F)c(F)cc2[nH]1. The molecule has 0 amide bonds. The number of anilines is 1. The van der Waals surface area contributed by atoms with E-state index in [2.05, 4.69) is 24.9 Å². The van der Waals surface area contributed by atoms with Crippen LogP contribution in [0.3, 0.4) is 0 Å². The Morgan fingerprint density at radius 1 is 1.18 bits per heavy atom. The smallest absolute Gasteiger partial charge is 0.199 e. The van der Waals surface area contributed by atoms with Crippen molar-refractivity contribution in [2.75, 3.05) is 5.73 Å². The monoisotopic (exact) mass is 237 g/mol. The van der Waals surface area contributed by atoms with Gasteiger partial charge in [0.25, 0.3) is 0 Å². The minimum absolute atomic E-state index is 0.0463. The zero-order chi connectivity index (χ0) is 12.0. The average molecular weight is 237 g/mol. The minimum atomic E-state index is -0.971. The van der Waals surface area contributed by atoms with Crippen molar-refractivity contribution in [3.05, 3.63) is 23.8 Å². The number of nitrogens with zero attached hydrogens (tertiary/aromatic N) is 3. The fraction of sp³-hybridized carbons (Fsp3) is 0. The molecule has 2 aromatic heterocycles. The van der Waals surface area contributed by atoms with E-state index in [9.17, 15) is 8.78 Å². The minimum Gasteiger partial charge on any atom is -0.379 e. The van der Waals surface area contributed by atoms with Gasteiger partial charge in [-0.1, -0.05) is 0 Å². The van der Waals surface area contributed by atoms with Crippen molar-refractivity contribution >= 4 is 16.9 Å². The number of rotatable bonds is 1. The summed E-state index contributed by atoms with van der Waals surface area (Å²) in [5, 5.41) is 6.92. The van der Waals surface area contributed by atoms with Crippen LogP contribution in [0.5, 0.6) is 0 Å². The predicted molar refractivity (Wildman–Crippen MR) is 53.7 cm³/mol. The number of aromatic amines is 1. The maximum atomic E-state index is 13.0. The first-order valence-corrected chi connectivity index (χ1v) is 4.58. The fourth-order valence-electron chi connectivity index (χ4n) is 1.48. The molecule has 0 radical (unpaired) electrons. The van der Waals surface area contributed by atoms with Gasteiger partial charge >= 0.3 is 0 Å². The number of nitrogens with two attached hydrogens (primary N) is 1. The average Bonchev–Trinajstić information content (AvgIpc) is 2.85. The Balaban J connectivity index is 2.24. The zero-order valence-corrected chi connectivity index (χ0v) is 8.24. The highest BCUT2D eigenvalue weighted by atomic mass is 19.2. The summed E-state index contributed by atoms with van der Waals surface area (Å²) in [6, 6.07) is 1.99. The Morgan fingerprint density at radius 3 is 2.65 bits per heavy atom. The van der Waals surface area contributed by atoms with Crippen molar-refractivity contribution in [2.45, 2.75) is 0 Å². The van der Waals surface area contributed by atoms with Gasteiger partial charge in [0, 0.05) is 12.1 Å². The van der Waals surface area contributed by atoms with Crippen LogP contribution < -0.4 is 5.73 Å². The van der Waals surface area contributed by atoms with Gasteiger partial charge in [0.1, 0.15) is 0 Å². The van der Waals surface area contributed by atoms with E-state index in [4.69, 9.17) is 5.73 Å². The summed E-state index contributed by atoms with van der Waals surface area (Å²) in [7, 11) is 0. The van der Waals surface area contributed by atoms with E-state index in [1.807, 2.05) is 0 Å². The first-order chi connectivity index (χ1) is 8.15. The van der Waals surface area contributed by atoms with E-state index in [1.165, 1.54) is 0 Å². The maximum Gasteiger partial charge on any atom is 0.199 e. The Bertz CT molecular complexity index is 666. The van der Waals surface area contributed by atoms with Crippen LogP contribution in [-0.2, 0) is 0 Å². The molecular weight excluding hydrogens is 232 g/mol. The summed E-state index contributed by atoms with van der Waals surface area (Å²) in [6.07, 6.45) is 0. The number of imidazole rings is 1. The van der Waals surface area contributed by atoms with Crippen LogP contribution in [0.4, 0.5) is 14.6 Å². The molecule has 0 aliphatic rings. The molecule has 0 aliphatic heterocycles. The molecule has 1 aromatic carbocycles. The fourth-order valence-corrected chi connectivity index (χ4v) is 1.48. The van der Waals surface area contributed by atoms with Gasteiger partial charge in [0.05, 0.1) is 11.0 Å². The molecule has 8 heteroatoms. The van der Waals surface area contributed by atoms with Crippen LogP contribution in [0.1, 0.15) is 0 Å². The number of halogens is 2. The lowest BCUT2D eigenvalue weighted by molar-refractivity contribution is 0.310. The summed E-state index contributed by atoms with van der Waals surface area (Å²) in [6.45, 7) is 0. The van der Waals surface area contributed by atoms with E-state index < -0.39 is 11.6 Å². The van der Waals surface area contributed by atoms with Crippen molar-refractivity contribution in [2.24, 2.45) is 0 Å². The normalized spacial score (nSPS) is 11.2. The van der Waals surface area contributed by atoms with Crippen LogP contribution in [0, 0.1) is 11.6 Å². The number of H-pyrrole nitrogens is 1.